The van der Waals surface area contributed by atoms with Crippen molar-refractivity contribution in [2.75, 3.05) is 5.73 Å². The minimum Gasteiger partial charge on any atom is -0.396 e. The van der Waals surface area contributed by atoms with E-state index >= 15 is 0 Å². The Morgan fingerprint density at radius 1 is 0.905 bits per heavy atom. The second-order valence-electron chi connectivity index (χ2n) is 4.48. The van der Waals surface area contributed by atoms with Gasteiger partial charge in [0.2, 0.25) is 0 Å². The summed E-state index contributed by atoms with van der Waals surface area (Å²) in [6.45, 7) is 0. The molecule has 0 aliphatic heterocycles. The first-order valence-corrected chi connectivity index (χ1v) is 7.24. The fourth-order valence-electron chi connectivity index (χ4n) is 1.98. The van der Waals surface area contributed by atoms with Crippen LogP contribution >= 0.6 is 34.8 Å². The summed E-state index contributed by atoms with van der Waals surface area (Å²) in [5.74, 6) is 0. The Kier molecular flexibility index (Phi) is 3.81. The fraction of sp³-hybridized carbons (Fsp3) is 0. The minimum atomic E-state index is 0.469. The lowest BCUT2D eigenvalue weighted by molar-refractivity contribution is 0.884. The lowest BCUT2D eigenvalue weighted by atomic mass is 10.1. The van der Waals surface area contributed by atoms with Crippen LogP contribution in [0.25, 0.3) is 16.9 Å². The van der Waals surface area contributed by atoms with Gasteiger partial charge >= 0.3 is 0 Å². The van der Waals surface area contributed by atoms with Gasteiger partial charge < -0.3 is 5.73 Å². The van der Waals surface area contributed by atoms with Crippen LogP contribution < -0.4 is 5.73 Å². The van der Waals surface area contributed by atoms with Crippen molar-refractivity contribution in [3.8, 4) is 16.9 Å². The zero-order valence-corrected chi connectivity index (χ0v) is 13.0. The van der Waals surface area contributed by atoms with Gasteiger partial charge in [0, 0.05) is 10.6 Å². The zero-order chi connectivity index (χ0) is 15.0. The molecule has 6 heteroatoms. The lowest BCUT2D eigenvalue weighted by Crippen LogP contribution is -1.94. The van der Waals surface area contributed by atoms with Gasteiger partial charge in [0.25, 0.3) is 0 Å². The van der Waals surface area contributed by atoms with Gasteiger partial charge in [-0.25, -0.2) is 4.68 Å². The maximum Gasteiger partial charge on any atom is 0.116 e. The predicted molar refractivity (Wildman–Crippen MR) is 88.4 cm³/mol. The number of rotatable bonds is 2. The molecule has 0 radical (unpaired) electrons. The number of nitrogens with two attached hydrogens (primary N) is 1. The lowest BCUT2D eigenvalue weighted by Gasteiger charge is -2.03. The van der Waals surface area contributed by atoms with E-state index in [2.05, 4.69) is 5.10 Å². The highest BCUT2D eigenvalue weighted by molar-refractivity contribution is 6.42. The summed E-state index contributed by atoms with van der Waals surface area (Å²) in [5.41, 5.74) is 8.99. The highest BCUT2D eigenvalue weighted by Gasteiger charge is 2.10. The molecule has 0 saturated carbocycles. The van der Waals surface area contributed by atoms with E-state index in [4.69, 9.17) is 40.5 Å². The molecule has 0 aliphatic carbocycles. The molecule has 21 heavy (non-hydrogen) atoms. The summed E-state index contributed by atoms with van der Waals surface area (Å²) < 4.78 is 1.67. The van der Waals surface area contributed by atoms with Crippen LogP contribution in [0.1, 0.15) is 0 Å². The van der Waals surface area contributed by atoms with E-state index < -0.39 is 0 Å². The average Bonchev–Trinajstić information content (AvgIpc) is 2.85. The molecule has 0 atom stereocenters. The number of nitrogen functional groups attached to an aromatic ring is 1. The smallest absolute Gasteiger partial charge is 0.116 e. The highest BCUT2D eigenvalue weighted by Crippen LogP contribution is 2.28. The van der Waals surface area contributed by atoms with Gasteiger partial charge in [-0.05, 0) is 30.3 Å². The summed E-state index contributed by atoms with van der Waals surface area (Å²) in [5, 5.41) is 6.13. The van der Waals surface area contributed by atoms with Crippen LogP contribution in [0.15, 0.2) is 48.7 Å². The summed E-state index contributed by atoms with van der Waals surface area (Å²) >= 11 is 17.8. The molecule has 0 saturated heterocycles. The Bertz CT molecular complexity index is 794. The second-order valence-corrected chi connectivity index (χ2v) is 5.73. The predicted octanol–water partition coefficient (Wildman–Crippen LogP) is 5.08. The van der Waals surface area contributed by atoms with Gasteiger partial charge in [0.1, 0.15) is 5.69 Å². The third kappa shape index (κ3) is 2.86. The molecule has 1 aromatic heterocycles. The summed E-state index contributed by atoms with van der Waals surface area (Å²) in [6.07, 6.45) is 1.74. The molecule has 1 heterocycles. The standard InChI is InChI=1S/C15H10Cl3N3/c16-10-3-1-9(2-4-10)15-14(19)8-21(20-15)11-5-6-12(17)13(18)7-11/h1-8H,19H2. The first kappa shape index (κ1) is 14.3. The van der Waals surface area contributed by atoms with Crippen molar-refractivity contribution in [2.24, 2.45) is 0 Å². The van der Waals surface area contributed by atoms with E-state index in [1.165, 1.54) is 0 Å². The van der Waals surface area contributed by atoms with Crippen LogP contribution in [0.3, 0.4) is 0 Å². The van der Waals surface area contributed by atoms with Crippen molar-refractivity contribution in [3.63, 3.8) is 0 Å². The molecule has 2 aromatic carbocycles. The third-order valence-electron chi connectivity index (χ3n) is 3.03. The maximum atomic E-state index is 6.04. The van der Waals surface area contributed by atoms with E-state index in [0.29, 0.717) is 26.4 Å². The van der Waals surface area contributed by atoms with Crippen molar-refractivity contribution >= 4 is 40.5 Å². The monoisotopic (exact) mass is 337 g/mol. The molecule has 2 N–H and O–H groups in total. The number of hydrogen-bond acceptors (Lipinski definition) is 2. The fourth-order valence-corrected chi connectivity index (χ4v) is 2.40. The van der Waals surface area contributed by atoms with E-state index in [-0.39, 0.29) is 0 Å². The van der Waals surface area contributed by atoms with Crippen molar-refractivity contribution in [1.29, 1.82) is 0 Å². The van der Waals surface area contributed by atoms with Gasteiger partial charge in [-0.15, -0.1) is 0 Å². The molecule has 3 rings (SSSR count). The SMILES string of the molecule is Nc1cn(-c2ccc(Cl)c(Cl)c2)nc1-c1ccc(Cl)cc1. The number of nitrogens with zero attached hydrogens (tertiary/aromatic N) is 2. The molecular formula is C15H10Cl3N3. The van der Waals surface area contributed by atoms with E-state index in [0.717, 1.165) is 11.3 Å². The normalized spacial score (nSPS) is 10.8. The van der Waals surface area contributed by atoms with Crippen LogP contribution in [0.5, 0.6) is 0 Å². The van der Waals surface area contributed by atoms with Crippen molar-refractivity contribution in [3.05, 3.63) is 63.7 Å². The van der Waals surface area contributed by atoms with Gasteiger partial charge in [-0.2, -0.15) is 5.10 Å². The number of halogens is 3. The van der Waals surface area contributed by atoms with Crippen LogP contribution in [0.2, 0.25) is 15.1 Å². The first-order valence-electron chi connectivity index (χ1n) is 6.11. The molecular weight excluding hydrogens is 329 g/mol. The van der Waals surface area contributed by atoms with E-state index in [9.17, 15) is 0 Å². The molecule has 0 fully saturated rings. The van der Waals surface area contributed by atoms with Crippen LogP contribution in [-0.4, -0.2) is 9.78 Å². The minimum absolute atomic E-state index is 0.469. The molecule has 0 bridgehead atoms. The van der Waals surface area contributed by atoms with Crippen LogP contribution in [0.4, 0.5) is 5.69 Å². The van der Waals surface area contributed by atoms with Crippen molar-refractivity contribution in [1.82, 2.24) is 9.78 Å². The van der Waals surface area contributed by atoms with E-state index in [1.54, 1.807) is 35.1 Å². The summed E-state index contributed by atoms with van der Waals surface area (Å²) in [7, 11) is 0. The third-order valence-corrected chi connectivity index (χ3v) is 4.02. The summed E-state index contributed by atoms with van der Waals surface area (Å²) in [4.78, 5) is 0. The van der Waals surface area contributed by atoms with Gasteiger partial charge in [-0.1, -0.05) is 46.9 Å². The highest BCUT2D eigenvalue weighted by atomic mass is 35.5. The van der Waals surface area contributed by atoms with Gasteiger partial charge in [0.05, 0.1) is 27.6 Å². The zero-order valence-electron chi connectivity index (χ0n) is 10.7. The van der Waals surface area contributed by atoms with Crippen LogP contribution in [-0.2, 0) is 0 Å². The molecule has 3 nitrogen and oxygen atoms in total. The Balaban J connectivity index is 2.04. The molecule has 0 amide bonds. The number of aromatic nitrogens is 2. The van der Waals surface area contributed by atoms with Crippen LogP contribution in [0, 0.1) is 0 Å². The van der Waals surface area contributed by atoms with Gasteiger partial charge in [0.15, 0.2) is 0 Å². The summed E-state index contributed by atoms with van der Waals surface area (Å²) in [6, 6.07) is 12.6. The van der Waals surface area contributed by atoms with Crippen molar-refractivity contribution in [2.45, 2.75) is 0 Å². The first-order chi connectivity index (χ1) is 10.0. The van der Waals surface area contributed by atoms with Crippen molar-refractivity contribution < 1.29 is 0 Å². The molecule has 3 aromatic rings. The Morgan fingerprint density at radius 2 is 1.62 bits per heavy atom. The Morgan fingerprint density at radius 3 is 2.29 bits per heavy atom. The topological polar surface area (TPSA) is 43.8 Å². The maximum absolute atomic E-state index is 6.04. The average molecular weight is 339 g/mol. The molecule has 0 unspecified atom stereocenters. The quantitative estimate of drug-likeness (QED) is 0.708. The van der Waals surface area contributed by atoms with E-state index in [1.807, 2.05) is 18.2 Å². The largest absolute Gasteiger partial charge is 0.396 e. The number of anilines is 1. The van der Waals surface area contributed by atoms with Gasteiger partial charge in [-0.3, -0.25) is 0 Å². The molecule has 0 spiro atoms. The Labute approximate surface area is 136 Å². The number of hydrogen-bond donors (Lipinski definition) is 1. The molecule has 106 valence electrons. The number of benzene rings is 2. The molecule has 0 aliphatic rings. The Hall–Kier alpha value is -1.68. The second kappa shape index (κ2) is 5.60.